The van der Waals surface area contributed by atoms with Crippen LogP contribution in [0.4, 0.5) is 24.7 Å². The fourth-order valence-corrected chi connectivity index (χ4v) is 3.82. The maximum Gasteiger partial charge on any atom is 0.410 e. The summed E-state index contributed by atoms with van der Waals surface area (Å²) < 4.78 is 42.4. The molecule has 3 aromatic rings. The van der Waals surface area contributed by atoms with Crippen molar-refractivity contribution in [3.05, 3.63) is 77.0 Å². The number of carbonyl (C=O) groups excluding carboxylic acids is 1. The van der Waals surface area contributed by atoms with E-state index in [-0.39, 0.29) is 17.8 Å². The third-order valence-electron chi connectivity index (χ3n) is 5.59. The number of benzene rings is 2. The number of hydrogen-bond acceptors (Lipinski definition) is 4. The van der Waals surface area contributed by atoms with Gasteiger partial charge >= 0.3 is 6.18 Å². The maximum atomic E-state index is 13.8. The lowest BCUT2D eigenvalue weighted by atomic mass is 9.96. The lowest BCUT2D eigenvalue weighted by Gasteiger charge is -2.34. The van der Waals surface area contributed by atoms with Gasteiger partial charge in [0.15, 0.2) is 6.04 Å². The second-order valence-electron chi connectivity index (χ2n) is 8.01. The Bertz CT molecular complexity index is 1120. The van der Waals surface area contributed by atoms with Crippen LogP contribution in [0.3, 0.4) is 0 Å². The summed E-state index contributed by atoms with van der Waals surface area (Å²) in [7, 11) is 0. The van der Waals surface area contributed by atoms with Crippen LogP contribution in [0.2, 0.25) is 0 Å². The number of aryl methyl sites for hydroxylation is 1. The van der Waals surface area contributed by atoms with Crippen LogP contribution in [0, 0.1) is 6.92 Å². The molecule has 4 rings (SSSR count). The van der Waals surface area contributed by atoms with Crippen LogP contribution in [0.5, 0.6) is 0 Å². The minimum atomic E-state index is -4.52. The van der Waals surface area contributed by atoms with Crippen molar-refractivity contribution < 1.29 is 23.1 Å². The molecule has 2 heterocycles. The summed E-state index contributed by atoms with van der Waals surface area (Å²) in [4.78, 5) is 12.9. The molecule has 1 aliphatic heterocycles. The molecule has 0 radical (unpaired) electrons. The first-order chi connectivity index (χ1) is 15.1. The molecule has 0 spiro atoms. The summed E-state index contributed by atoms with van der Waals surface area (Å²) in [5.41, 5.74) is 2.74. The molecule has 9 heteroatoms. The van der Waals surface area contributed by atoms with E-state index < -0.39 is 30.3 Å². The predicted molar refractivity (Wildman–Crippen MR) is 115 cm³/mol. The normalized spacial score (nSPS) is 19.1. The lowest BCUT2D eigenvalue weighted by Crippen LogP contribution is -2.36. The molecule has 0 fully saturated rings. The molecule has 3 N–H and O–H groups in total. The smallest absolute Gasteiger partial charge is 0.389 e. The molecular formula is C23H23F3N4O2. The Hall–Kier alpha value is -3.33. The van der Waals surface area contributed by atoms with Gasteiger partial charge < -0.3 is 15.7 Å². The summed E-state index contributed by atoms with van der Waals surface area (Å²) in [5, 5.41) is 19.4. The number of aliphatic hydroxyl groups is 1. The Morgan fingerprint density at radius 3 is 2.62 bits per heavy atom. The van der Waals surface area contributed by atoms with Gasteiger partial charge in [0.05, 0.1) is 18.3 Å². The number of alkyl halides is 3. The molecule has 168 valence electrons. The van der Waals surface area contributed by atoms with E-state index in [4.69, 9.17) is 0 Å². The van der Waals surface area contributed by atoms with Crippen molar-refractivity contribution in [2.75, 3.05) is 10.6 Å². The second kappa shape index (κ2) is 8.31. The summed E-state index contributed by atoms with van der Waals surface area (Å²) in [5.74, 6) is -0.569. The molecule has 1 amide bonds. The monoisotopic (exact) mass is 444 g/mol. The Labute approximate surface area is 183 Å². The van der Waals surface area contributed by atoms with Crippen molar-refractivity contribution in [3.8, 4) is 0 Å². The first-order valence-corrected chi connectivity index (χ1v) is 10.2. The van der Waals surface area contributed by atoms with E-state index in [1.807, 2.05) is 19.1 Å². The number of nitrogens with zero attached hydrogens (tertiary/aromatic N) is 2. The molecule has 1 aliphatic rings. The van der Waals surface area contributed by atoms with Crippen LogP contribution in [-0.2, 0) is 0 Å². The molecule has 0 saturated heterocycles. The first-order valence-electron chi connectivity index (χ1n) is 10.2. The lowest BCUT2D eigenvalue weighted by molar-refractivity contribution is -0.173. The highest BCUT2D eigenvalue weighted by atomic mass is 19.4. The van der Waals surface area contributed by atoms with Gasteiger partial charge in [-0.15, -0.1) is 0 Å². The van der Waals surface area contributed by atoms with E-state index in [2.05, 4.69) is 15.7 Å². The van der Waals surface area contributed by atoms with E-state index in [1.54, 1.807) is 43.3 Å². The van der Waals surface area contributed by atoms with Crippen molar-refractivity contribution in [2.45, 2.75) is 44.6 Å². The van der Waals surface area contributed by atoms with Crippen molar-refractivity contribution >= 4 is 17.4 Å². The van der Waals surface area contributed by atoms with Gasteiger partial charge in [-0.05, 0) is 37.1 Å². The third-order valence-corrected chi connectivity index (χ3v) is 5.59. The highest BCUT2D eigenvalue weighted by molar-refractivity contribution is 6.07. The number of carbonyl (C=O) groups is 1. The van der Waals surface area contributed by atoms with Crippen LogP contribution in [0.15, 0.2) is 54.7 Å². The topological polar surface area (TPSA) is 79.2 Å². The van der Waals surface area contributed by atoms with Crippen LogP contribution >= 0.6 is 0 Å². The number of hydrogen-bond donors (Lipinski definition) is 3. The Balaban J connectivity index is 1.67. The van der Waals surface area contributed by atoms with E-state index in [9.17, 15) is 23.1 Å². The van der Waals surface area contributed by atoms with Gasteiger partial charge in [0.1, 0.15) is 11.4 Å². The fourth-order valence-electron chi connectivity index (χ4n) is 3.82. The van der Waals surface area contributed by atoms with Crippen LogP contribution in [-0.4, -0.2) is 27.0 Å². The van der Waals surface area contributed by atoms with Crippen molar-refractivity contribution in [2.24, 2.45) is 0 Å². The van der Waals surface area contributed by atoms with Gasteiger partial charge in [-0.25, -0.2) is 4.68 Å². The first kappa shape index (κ1) is 21.9. The minimum Gasteiger partial charge on any atom is -0.389 e. The van der Waals surface area contributed by atoms with E-state index in [0.29, 0.717) is 16.8 Å². The molecule has 3 atom stereocenters. The summed E-state index contributed by atoms with van der Waals surface area (Å²) >= 11 is 0. The zero-order valence-corrected chi connectivity index (χ0v) is 17.5. The molecule has 0 saturated carbocycles. The molecule has 1 unspecified atom stereocenters. The summed E-state index contributed by atoms with van der Waals surface area (Å²) in [6, 6.07) is 11.4. The molecule has 6 nitrogen and oxygen atoms in total. The number of aliphatic hydroxyl groups excluding tert-OH is 1. The summed E-state index contributed by atoms with van der Waals surface area (Å²) in [6.45, 7) is 3.50. The van der Waals surface area contributed by atoms with Gasteiger partial charge in [-0.3, -0.25) is 4.79 Å². The Morgan fingerprint density at radius 2 is 1.97 bits per heavy atom. The summed E-state index contributed by atoms with van der Waals surface area (Å²) in [6.07, 6.45) is -4.34. The largest absolute Gasteiger partial charge is 0.410 e. The van der Waals surface area contributed by atoms with Crippen LogP contribution < -0.4 is 10.6 Å². The zero-order chi connectivity index (χ0) is 23.0. The van der Waals surface area contributed by atoms with E-state index in [1.165, 1.54) is 0 Å². The fraction of sp³-hybridized carbons (Fsp3) is 0.304. The number of amides is 1. The molecule has 1 aromatic heterocycles. The standard InChI is InChI=1S/C23H23F3N4O2/c1-13-6-8-15(9-7-13)19-11-20(23(24,25)26)30-21(29-19)18(12-27-30)22(32)28-17-5-3-4-16(10-17)14(2)31/h3-10,12,14,19-20,29,31H,11H2,1-2H3,(H,28,32)/t14?,19-,20+/m1/s1. The molecule has 2 aromatic carbocycles. The maximum absolute atomic E-state index is 13.8. The number of fused-ring (bicyclic) bond motifs is 1. The van der Waals surface area contributed by atoms with Gasteiger partial charge in [0, 0.05) is 12.1 Å². The number of halogens is 3. The van der Waals surface area contributed by atoms with Crippen molar-refractivity contribution in [3.63, 3.8) is 0 Å². The zero-order valence-electron chi connectivity index (χ0n) is 17.5. The van der Waals surface area contributed by atoms with Crippen LogP contribution in [0.25, 0.3) is 0 Å². The number of aromatic nitrogens is 2. The highest BCUT2D eigenvalue weighted by Crippen LogP contribution is 2.44. The highest BCUT2D eigenvalue weighted by Gasteiger charge is 2.47. The average Bonchev–Trinajstić information content (AvgIpc) is 3.17. The van der Waals surface area contributed by atoms with E-state index in [0.717, 1.165) is 16.4 Å². The molecule has 0 aliphatic carbocycles. The number of rotatable bonds is 4. The quantitative estimate of drug-likeness (QED) is 0.520. The Morgan fingerprint density at radius 1 is 1.25 bits per heavy atom. The molecule has 0 bridgehead atoms. The van der Waals surface area contributed by atoms with Crippen molar-refractivity contribution in [1.29, 1.82) is 0 Å². The Kier molecular flexibility index (Phi) is 5.68. The molecular weight excluding hydrogens is 421 g/mol. The number of nitrogens with one attached hydrogen (secondary N) is 2. The predicted octanol–water partition coefficient (Wildman–Crippen LogP) is 5.16. The SMILES string of the molecule is Cc1ccc([C@H]2C[C@@H](C(F)(F)F)n3ncc(C(=O)Nc4cccc(C(C)O)c4)c3N2)cc1. The van der Waals surface area contributed by atoms with Gasteiger partial charge in [0.25, 0.3) is 5.91 Å². The average molecular weight is 444 g/mol. The molecule has 32 heavy (non-hydrogen) atoms. The van der Waals surface area contributed by atoms with E-state index >= 15 is 0 Å². The second-order valence-corrected chi connectivity index (χ2v) is 8.01. The van der Waals surface area contributed by atoms with Crippen LogP contribution in [0.1, 0.15) is 58.6 Å². The minimum absolute atomic E-state index is 0.0125. The third kappa shape index (κ3) is 4.34. The number of anilines is 2. The van der Waals surface area contributed by atoms with Gasteiger partial charge in [-0.1, -0.05) is 42.0 Å². The van der Waals surface area contributed by atoms with Crippen molar-refractivity contribution in [1.82, 2.24) is 9.78 Å². The van der Waals surface area contributed by atoms with Gasteiger partial charge in [-0.2, -0.15) is 18.3 Å². The van der Waals surface area contributed by atoms with Gasteiger partial charge in [0.2, 0.25) is 0 Å².